The van der Waals surface area contributed by atoms with Gasteiger partial charge < -0.3 is 25.2 Å². The maximum Gasteiger partial charge on any atom is 0.414 e. The second-order valence-electron chi connectivity index (χ2n) is 8.14. The minimum Gasteiger partial charge on any atom is -0.418 e. The van der Waals surface area contributed by atoms with Gasteiger partial charge in [0.2, 0.25) is 5.95 Å². The number of hydrogen-bond acceptors (Lipinski definition) is 8. The lowest BCUT2D eigenvalue weighted by Crippen LogP contribution is -2.34. The lowest BCUT2D eigenvalue weighted by atomic mass is 10.1. The third-order valence-electron chi connectivity index (χ3n) is 5.72. The number of anilines is 3. The monoisotopic (exact) mass is 504 g/mol. The lowest BCUT2D eigenvalue weighted by molar-refractivity contribution is 0.133. The van der Waals surface area contributed by atoms with Crippen molar-refractivity contribution in [2.75, 3.05) is 50.4 Å². The van der Waals surface area contributed by atoms with E-state index in [9.17, 15) is 4.79 Å². The van der Waals surface area contributed by atoms with E-state index in [2.05, 4.69) is 59.4 Å². The second-order valence-corrected chi connectivity index (χ2v) is 8.99. The summed E-state index contributed by atoms with van der Waals surface area (Å²) in [6, 6.07) is 0.427. The first-order chi connectivity index (χ1) is 15.5. The number of aromatic nitrogens is 4. The molecule has 1 saturated heterocycles. The van der Waals surface area contributed by atoms with E-state index >= 15 is 0 Å². The number of ether oxygens (including phenoxy) is 1. The number of piperidine rings is 1. The quantitative estimate of drug-likeness (QED) is 0.526. The number of nitrogens with zero attached hydrogens (tertiary/aromatic N) is 6. The van der Waals surface area contributed by atoms with E-state index in [0.29, 0.717) is 37.4 Å². The van der Waals surface area contributed by atoms with Crippen LogP contribution < -0.4 is 10.6 Å². The average Bonchev–Trinajstić information content (AvgIpc) is 3.15. The lowest BCUT2D eigenvalue weighted by Gasteiger charge is -2.28. The van der Waals surface area contributed by atoms with Gasteiger partial charge in [0.25, 0.3) is 0 Å². The largest absolute Gasteiger partial charge is 0.418 e. The first kappa shape index (κ1) is 22.5. The van der Waals surface area contributed by atoms with Crippen LogP contribution in [0, 0.1) is 6.92 Å². The summed E-state index contributed by atoms with van der Waals surface area (Å²) in [7, 11) is 2.16. The van der Waals surface area contributed by atoms with Crippen LogP contribution in [0.5, 0.6) is 0 Å². The minimum absolute atomic E-state index is 0.307. The maximum absolute atomic E-state index is 11.7. The van der Waals surface area contributed by atoms with Crippen LogP contribution in [0.3, 0.4) is 0 Å². The molecule has 172 valence electrons. The zero-order chi connectivity index (χ0) is 22.5. The molecule has 0 spiro atoms. The average molecular weight is 505 g/mol. The SMILES string of the molecule is Cc1nn(C2CCN(C)CC2)cc1Nc1ncc(Br)c(NCCCN2CC=COC2=O)n1. The second kappa shape index (κ2) is 10.3. The van der Waals surface area contributed by atoms with E-state index in [1.165, 1.54) is 6.26 Å². The van der Waals surface area contributed by atoms with Gasteiger partial charge in [0.05, 0.1) is 28.2 Å². The summed E-state index contributed by atoms with van der Waals surface area (Å²) in [4.78, 5) is 24.7. The molecule has 0 atom stereocenters. The molecule has 0 aliphatic carbocycles. The van der Waals surface area contributed by atoms with E-state index in [-0.39, 0.29) is 6.09 Å². The van der Waals surface area contributed by atoms with Gasteiger partial charge in [-0.2, -0.15) is 10.1 Å². The highest BCUT2D eigenvalue weighted by molar-refractivity contribution is 9.10. The summed E-state index contributed by atoms with van der Waals surface area (Å²) in [6.45, 7) is 6.02. The summed E-state index contributed by atoms with van der Waals surface area (Å²) in [5, 5.41) is 11.3. The number of hydrogen-bond donors (Lipinski definition) is 2. The summed E-state index contributed by atoms with van der Waals surface area (Å²) >= 11 is 3.50. The Morgan fingerprint density at radius 1 is 1.31 bits per heavy atom. The zero-order valence-corrected chi connectivity index (χ0v) is 20.0. The number of carbonyl (C=O) groups is 1. The van der Waals surface area contributed by atoms with Crippen molar-refractivity contribution in [3.8, 4) is 0 Å². The number of carbonyl (C=O) groups excluding carboxylic acids is 1. The maximum atomic E-state index is 11.7. The fraction of sp³-hybridized carbons (Fsp3) is 0.524. The molecule has 4 heterocycles. The third kappa shape index (κ3) is 5.57. The van der Waals surface area contributed by atoms with Gasteiger partial charge in [-0.3, -0.25) is 4.68 Å². The summed E-state index contributed by atoms with van der Waals surface area (Å²) in [5.41, 5.74) is 1.83. The Bertz CT molecular complexity index is 971. The molecule has 0 radical (unpaired) electrons. The van der Waals surface area contributed by atoms with Crippen molar-refractivity contribution in [3.05, 3.63) is 34.9 Å². The Morgan fingerprint density at radius 3 is 2.91 bits per heavy atom. The van der Waals surface area contributed by atoms with Crippen LogP contribution in [0.25, 0.3) is 0 Å². The first-order valence-electron chi connectivity index (χ1n) is 10.9. The Hall–Kier alpha value is -2.66. The Balaban J connectivity index is 1.33. The first-order valence-corrected chi connectivity index (χ1v) is 11.7. The predicted molar refractivity (Wildman–Crippen MR) is 126 cm³/mol. The van der Waals surface area contributed by atoms with Crippen molar-refractivity contribution in [2.24, 2.45) is 0 Å². The highest BCUT2D eigenvalue weighted by Gasteiger charge is 2.20. The van der Waals surface area contributed by atoms with E-state index in [1.807, 2.05) is 13.0 Å². The van der Waals surface area contributed by atoms with Crippen molar-refractivity contribution in [1.82, 2.24) is 29.5 Å². The molecule has 32 heavy (non-hydrogen) atoms. The van der Waals surface area contributed by atoms with Crippen LogP contribution in [0.4, 0.5) is 22.2 Å². The molecule has 4 rings (SSSR count). The van der Waals surface area contributed by atoms with Gasteiger partial charge in [-0.25, -0.2) is 9.78 Å². The molecule has 2 aliphatic rings. The van der Waals surface area contributed by atoms with Crippen LogP contribution in [-0.2, 0) is 4.74 Å². The van der Waals surface area contributed by atoms with E-state index < -0.39 is 0 Å². The molecule has 11 heteroatoms. The van der Waals surface area contributed by atoms with Crippen LogP contribution in [0.2, 0.25) is 0 Å². The van der Waals surface area contributed by atoms with Gasteiger partial charge in [-0.05, 0) is 68.3 Å². The molecule has 0 unspecified atom stereocenters. The van der Waals surface area contributed by atoms with Crippen LogP contribution in [0.15, 0.2) is 29.2 Å². The summed E-state index contributed by atoms with van der Waals surface area (Å²) in [5.74, 6) is 1.20. The molecule has 0 aromatic carbocycles. The molecular formula is C21H29BrN8O2. The number of amides is 1. The Kier molecular flexibility index (Phi) is 7.26. The summed E-state index contributed by atoms with van der Waals surface area (Å²) in [6.07, 6.45) is 9.70. The molecule has 2 aromatic heterocycles. The standard InChI is InChI=1S/C21H29BrN8O2/c1-15-18(14-30(27-15)16-5-10-28(2)11-6-16)25-20-24-13-17(22)19(26-20)23-7-3-8-29-9-4-12-32-21(29)31/h4,12-14,16H,3,5-11H2,1-2H3,(H2,23,24,25,26). The van der Waals surface area contributed by atoms with E-state index in [4.69, 9.17) is 9.84 Å². The summed E-state index contributed by atoms with van der Waals surface area (Å²) < 4.78 is 7.75. The minimum atomic E-state index is -0.307. The van der Waals surface area contributed by atoms with Gasteiger partial charge in [0.15, 0.2) is 0 Å². The van der Waals surface area contributed by atoms with Gasteiger partial charge in [-0.1, -0.05) is 0 Å². The van der Waals surface area contributed by atoms with Gasteiger partial charge >= 0.3 is 6.09 Å². The molecule has 2 aromatic rings. The van der Waals surface area contributed by atoms with Crippen molar-refractivity contribution in [1.29, 1.82) is 0 Å². The van der Waals surface area contributed by atoms with Crippen LogP contribution in [-0.4, -0.2) is 75.4 Å². The van der Waals surface area contributed by atoms with Crippen molar-refractivity contribution in [2.45, 2.75) is 32.2 Å². The van der Waals surface area contributed by atoms with Gasteiger partial charge in [0, 0.05) is 32.0 Å². The number of aryl methyl sites for hydroxylation is 1. The predicted octanol–water partition coefficient (Wildman–Crippen LogP) is 3.52. The highest BCUT2D eigenvalue weighted by atomic mass is 79.9. The molecular weight excluding hydrogens is 476 g/mol. The van der Waals surface area contributed by atoms with E-state index in [1.54, 1.807) is 11.1 Å². The molecule has 1 fully saturated rings. The van der Waals surface area contributed by atoms with E-state index in [0.717, 1.165) is 48.2 Å². The Labute approximate surface area is 196 Å². The number of nitrogens with one attached hydrogen (secondary N) is 2. The van der Waals surface area contributed by atoms with Gasteiger partial charge in [-0.15, -0.1) is 0 Å². The number of cyclic esters (lactones) is 1. The highest BCUT2D eigenvalue weighted by Crippen LogP contribution is 2.26. The zero-order valence-electron chi connectivity index (χ0n) is 18.4. The van der Waals surface area contributed by atoms with Crippen LogP contribution in [0.1, 0.15) is 31.0 Å². The third-order valence-corrected chi connectivity index (χ3v) is 6.30. The number of halogens is 1. The van der Waals surface area contributed by atoms with Crippen molar-refractivity contribution in [3.63, 3.8) is 0 Å². The fourth-order valence-corrected chi connectivity index (χ4v) is 4.14. The molecule has 1 amide bonds. The topological polar surface area (TPSA) is 100 Å². The van der Waals surface area contributed by atoms with Gasteiger partial charge in [0.1, 0.15) is 5.82 Å². The molecule has 0 saturated carbocycles. The van der Waals surface area contributed by atoms with Crippen molar-refractivity contribution < 1.29 is 9.53 Å². The molecule has 2 N–H and O–H groups in total. The van der Waals surface area contributed by atoms with Crippen LogP contribution >= 0.6 is 15.9 Å². The normalized spacial score (nSPS) is 17.5. The number of likely N-dealkylation sites (tertiary alicyclic amines) is 1. The Morgan fingerprint density at radius 2 is 2.12 bits per heavy atom. The molecule has 10 nitrogen and oxygen atoms in total. The molecule has 2 aliphatic heterocycles. The molecule has 0 bridgehead atoms. The fourth-order valence-electron chi connectivity index (χ4n) is 3.81. The smallest absolute Gasteiger partial charge is 0.414 e. The van der Waals surface area contributed by atoms with Crippen molar-refractivity contribution >= 4 is 39.5 Å². The number of rotatable bonds is 8.